The molecule has 0 spiro atoms. The van der Waals surface area contributed by atoms with E-state index in [1.807, 2.05) is 13.8 Å². The lowest BCUT2D eigenvalue weighted by molar-refractivity contribution is 0.114. The highest BCUT2D eigenvalue weighted by atomic mass is 79.9. The molecule has 1 rings (SSSR count). The van der Waals surface area contributed by atoms with Crippen LogP contribution in [0.25, 0.3) is 0 Å². The van der Waals surface area contributed by atoms with Crippen molar-refractivity contribution in [1.82, 2.24) is 4.72 Å². The highest BCUT2D eigenvalue weighted by Gasteiger charge is 2.17. The van der Waals surface area contributed by atoms with Gasteiger partial charge < -0.3 is 9.84 Å². The Morgan fingerprint density at radius 1 is 1.40 bits per heavy atom. The minimum atomic E-state index is -3.61. The third-order valence-electron chi connectivity index (χ3n) is 2.46. The fourth-order valence-corrected chi connectivity index (χ4v) is 3.52. The summed E-state index contributed by atoms with van der Waals surface area (Å²) in [5, 5.41) is 9.07. The van der Waals surface area contributed by atoms with Crippen molar-refractivity contribution in [1.29, 1.82) is 0 Å². The van der Waals surface area contributed by atoms with Crippen LogP contribution < -0.4 is 4.72 Å². The van der Waals surface area contributed by atoms with Gasteiger partial charge >= 0.3 is 0 Å². The van der Waals surface area contributed by atoms with Crippen LogP contribution in [0, 0.1) is 5.92 Å². The van der Waals surface area contributed by atoms with Gasteiger partial charge in [0, 0.05) is 17.6 Å². The van der Waals surface area contributed by atoms with Crippen molar-refractivity contribution in [2.24, 2.45) is 5.92 Å². The van der Waals surface area contributed by atoms with Crippen molar-refractivity contribution in [3.05, 3.63) is 28.2 Å². The number of benzene rings is 1. The van der Waals surface area contributed by atoms with Gasteiger partial charge in [-0.1, -0.05) is 19.9 Å². The van der Waals surface area contributed by atoms with Gasteiger partial charge in [-0.25, -0.2) is 13.1 Å². The molecular formula is C13H20BrNO4S. The van der Waals surface area contributed by atoms with E-state index in [1.54, 1.807) is 12.1 Å². The Morgan fingerprint density at radius 3 is 2.70 bits per heavy atom. The van der Waals surface area contributed by atoms with Crippen LogP contribution in [0.15, 0.2) is 27.6 Å². The molecule has 0 aliphatic carbocycles. The van der Waals surface area contributed by atoms with Crippen LogP contribution in [-0.2, 0) is 21.4 Å². The maximum absolute atomic E-state index is 12.1. The first-order chi connectivity index (χ1) is 9.36. The van der Waals surface area contributed by atoms with Crippen molar-refractivity contribution in [3.63, 3.8) is 0 Å². The lowest BCUT2D eigenvalue weighted by Crippen LogP contribution is -2.28. The molecule has 0 bridgehead atoms. The third-order valence-corrected chi connectivity index (χ3v) is 4.91. The molecule has 0 amide bonds. The number of sulfonamides is 1. The summed E-state index contributed by atoms with van der Waals surface area (Å²) in [5.74, 6) is 0.419. The van der Waals surface area contributed by atoms with Gasteiger partial charge in [0.05, 0.1) is 18.1 Å². The Hall–Kier alpha value is -0.470. The van der Waals surface area contributed by atoms with E-state index in [4.69, 9.17) is 9.84 Å². The molecule has 5 nitrogen and oxygen atoms in total. The van der Waals surface area contributed by atoms with Gasteiger partial charge in [-0.15, -0.1) is 0 Å². The van der Waals surface area contributed by atoms with Gasteiger partial charge in [-0.2, -0.15) is 0 Å². The Bertz CT molecular complexity index is 531. The van der Waals surface area contributed by atoms with Crippen LogP contribution in [0.4, 0.5) is 0 Å². The maximum atomic E-state index is 12.1. The largest absolute Gasteiger partial charge is 0.392 e. The minimum Gasteiger partial charge on any atom is -0.392 e. The van der Waals surface area contributed by atoms with Gasteiger partial charge in [-0.3, -0.25) is 0 Å². The first-order valence-electron chi connectivity index (χ1n) is 6.33. The predicted molar refractivity (Wildman–Crippen MR) is 80.9 cm³/mol. The zero-order valence-corrected chi connectivity index (χ0v) is 14.0. The summed E-state index contributed by atoms with van der Waals surface area (Å²) in [6.07, 6.45) is 0. The quantitative estimate of drug-likeness (QED) is 0.689. The molecule has 0 unspecified atom stereocenters. The van der Waals surface area contributed by atoms with E-state index in [0.717, 1.165) is 0 Å². The average Bonchev–Trinajstić information content (AvgIpc) is 2.38. The molecule has 20 heavy (non-hydrogen) atoms. The molecule has 114 valence electrons. The molecule has 2 N–H and O–H groups in total. The fourth-order valence-electron chi connectivity index (χ4n) is 1.50. The number of hydrogen-bond donors (Lipinski definition) is 2. The zero-order chi connectivity index (χ0) is 15.2. The third kappa shape index (κ3) is 5.49. The molecule has 0 aromatic heterocycles. The number of hydrogen-bond acceptors (Lipinski definition) is 4. The molecule has 1 aromatic carbocycles. The molecule has 1 aromatic rings. The van der Waals surface area contributed by atoms with Gasteiger partial charge in [-0.05, 0) is 39.5 Å². The van der Waals surface area contributed by atoms with Crippen molar-refractivity contribution in [2.45, 2.75) is 25.3 Å². The smallest absolute Gasteiger partial charge is 0.241 e. The molecule has 0 radical (unpaired) electrons. The van der Waals surface area contributed by atoms with Gasteiger partial charge in [0.15, 0.2) is 0 Å². The van der Waals surface area contributed by atoms with E-state index < -0.39 is 10.0 Å². The van der Waals surface area contributed by atoms with Gasteiger partial charge in [0.1, 0.15) is 0 Å². The molecule has 7 heteroatoms. The summed E-state index contributed by atoms with van der Waals surface area (Å²) in [4.78, 5) is 0.118. The Kier molecular flexibility index (Phi) is 7.11. The summed E-state index contributed by atoms with van der Waals surface area (Å²) in [5.41, 5.74) is 0.546. The Labute approximate surface area is 128 Å². The van der Waals surface area contributed by atoms with Gasteiger partial charge in [0.25, 0.3) is 0 Å². The monoisotopic (exact) mass is 365 g/mol. The van der Waals surface area contributed by atoms with E-state index in [0.29, 0.717) is 29.2 Å². The van der Waals surface area contributed by atoms with Crippen molar-refractivity contribution >= 4 is 26.0 Å². The summed E-state index contributed by atoms with van der Waals surface area (Å²) in [6, 6.07) is 4.71. The molecule has 0 atom stereocenters. The highest BCUT2D eigenvalue weighted by Crippen LogP contribution is 2.23. The Balaban J connectivity index is 2.64. The minimum absolute atomic E-state index is 0.118. The first kappa shape index (κ1) is 17.6. The standard InChI is InChI=1S/C13H20BrNO4S/c1-10(2)9-19-6-5-15-20(17,18)13-7-11(8-16)3-4-12(13)14/h3-4,7,10,15-16H,5-6,8-9H2,1-2H3. The van der Waals surface area contributed by atoms with E-state index in [1.165, 1.54) is 6.07 Å². The molecule has 0 saturated carbocycles. The number of aliphatic hydroxyl groups excluding tert-OH is 1. The second kappa shape index (κ2) is 8.09. The van der Waals surface area contributed by atoms with Crippen LogP contribution in [0.2, 0.25) is 0 Å². The van der Waals surface area contributed by atoms with E-state index in [-0.39, 0.29) is 18.0 Å². The summed E-state index contributed by atoms with van der Waals surface area (Å²) in [6.45, 7) is 5.00. The topological polar surface area (TPSA) is 75.6 Å². The summed E-state index contributed by atoms with van der Waals surface area (Å²) in [7, 11) is -3.61. The SMILES string of the molecule is CC(C)COCCNS(=O)(=O)c1cc(CO)ccc1Br. The predicted octanol–water partition coefficient (Wildman–Crippen LogP) is 1.89. The molecular weight excluding hydrogens is 346 g/mol. The fraction of sp³-hybridized carbons (Fsp3) is 0.538. The van der Waals surface area contributed by atoms with Gasteiger partial charge in [0.2, 0.25) is 10.0 Å². The first-order valence-corrected chi connectivity index (χ1v) is 8.61. The lowest BCUT2D eigenvalue weighted by Gasteiger charge is -2.11. The van der Waals surface area contributed by atoms with E-state index in [9.17, 15) is 8.42 Å². The average molecular weight is 366 g/mol. The maximum Gasteiger partial charge on any atom is 0.241 e. The van der Waals surface area contributed by atoms with E-state index in [2.05, 4.69) is 20.7 Å². The number of ether oxygens (including phenoxy) is 1. The normalized spacial score (nSPS) is 12.1. The van der Waals surface area contributed by atoms with Crippen LogP contribution in [-0.4, -0.2) is 33.3 Å². The molecule has 0 heterocycles. The highest BCUT2D eigenvalue weighted by molar-refractivity contribution is 9.10. The second-order valence-corrected chi connectivity index (χ2v) is 7.38. The second-order valence-electron chi connectivity index (χ2n) is 4.79. The van der Waals surface area contributed by atoms with Crippen LogP contribution >= 0.6 is 15.9 Å². The van der Waals surface area contributed by atoms with Crippen molar-refractivity contribution in [3.8, 4) is 0 Å². The van der Waals surface area contributed by atoms with Crippen molar-refractivity contribution < 1.29 is 18.3 Å². The number of nitrogens with one attached hydrogen (secondary N) is 1. The molecule has 0 saturated heterocycles. The van der Waals surface area contributed by atoms with Crippen LogP contribution in [0.1, 0.15) is 19.4 Å². The lowest BCUT2D eigenvalue weighted by atomic mass is 10.2. The van der Waals surface area contributed by atoms with Crippen LogP contribution in [0.5, 0.6) is 0 Å². The number of halogens is 1. The molecule has 0 aliphatic heterocycles. The van der Waals surface area contributed by atoms with E-state index >= 15 is 0 Å². The Morgan fingerprint density at radius 2 is 2.10 bits per heavy atom. The summed E-state index contributed by atoms with van der Waals surface area (Å²) >= 11 is 3.21. The molecule has 0 fully saturated rings. The van der Waals surface area contributed by atoms with Crippen LogP contribution in [0.3, 0.4) is 0 Å². The van der Waals surface area contributed by atoms with Crippen molar-refractivity contribution in [2.75, 3.05) is 19.8 Å². The zero-order valence-electron chi connectivity index (χ0n) is 11.6. The number of aliphatic hydroxyl groups is 1. The molecule has 0 aliphatic rings. The summed E-state index contributed by atoms with van der Waals surface area (Å²) < 4.78 is 32.5. The number of rotatable bonds is 8.